The van der Waals surface area contributed by atoms with Crippen LogP contribution in [0.3, 0.4) is 0 Å². The van der Waals surface area contributed by atoms with Crippen molar-refractivity contribution in [1.82, 2.24) is 0 Å². The molecule has 0 unspecified atom stereocenters. The summed E-state index contributed by atoms with van der Waals surface area (Å²) in [5, 5.41) is 10.7. The van der Waals surface area contributed by atoms with Gasteiger partial charge in [0.15, 0.2) is 0 Å². The van der Waals surface area contributed by atoms with E-state index in [2.05, 4.69) is 6.07 Å². The molecule has 1 heterocycles. The highest BCUT2D eigenvalue weighted by Crippen LogP contribution is 2.12. The van der Waals surface area contributed by atoms with Gasteiger partial charge in [0.05, 0.1) is 18.8 Å². The molecule has 2 nitrogen and oxygen atoms in total. The van der Waals surface area contributed by atoms with Crippen molar-refractivity contribution in [3.8, 4) is 6.07 Å². The van der Waals surface area contributed by atoms with Gasteiger partial charge < -0.3 is 4.74 Å². The minimum absolute atomic E-state index is 0.0642. The summed E-state index contributed by atoms with van der Waals surface area (Å²) in [7, 11) is 0. The van der Waals surface area contributed by atoms with Crippen LogP contribution in [0.2, 0.25) is 0 Å². The lowest BCUT2D eigenvalue weighted by atomic mass is 10.1. The summed E-state index contributed by atoms with van der Waals surface area (Å²) in [4.78, 5) is 1.28. The average Bonchev–Trinajstić information content (AvgIpc) is 2.89. The highest BCUT2D eigenvalue weighted by Gasteiger charge is 2.02. The van der Waals surface area contributed by atoms with E-state index >= 15 is 0 Å². The first-order chi connectivity index (χ1) is 8.79. The Bertz CT molecular complexity index is 545. The summed E-state index contributed by atoms with van der Waals surface area (Å²) in [6, 6.07) is 10.4. The van der Waals surface area contributed by atoms with Gasteiger partial charge in [-0.3, -0.25) is 0 Å². The molecule has 2 rings (SSSR count). The number of halogens is 1. The lowest BCUT2D eigenvalue weighted by Crippen LogP contribution is -1.98. The van der Waals surface area contributed by atoms with Crippen LogP contribution in [0.25, 0.3) is 0 Å². The second kappa shape index (κ2) is 6.29. The molecule has 0 N–H and O–H groups in total. The van der Waals surface area contributed by atoms with E-state index in [0.29, 0.717) is 13.2 Å². The first-order valence-electron chi connectivity index (χ1n) is 5.58. The molecule has 0 aliphatic rings. The van der Waals surface area contributed by atoms with Crippen LogP contribution in [0.15, 0.2) is 35.7 Å². The number of ether oxygens (including phenoxy) is 1. The number of benzene rings is 1. The van der Waals surface area contributed by atoms with E-state index in [4.69, 9.17) is 10.00 Å². The molecule has 1 aromatic carbocycles. The van der Waals surface area contributed by atoms with Gasteiger partial charge in [0, 0.05) is 11.3 Å². The van der Waals surface area contributed by atoms with Gasteiger partial charge in [-0.2, -0.15) is 5.26 Å². The third kappa shape index (κ3) is 3.39. The van der Waals surface area contributed by atoms with Crippen molar-refractivity contribution < 1.29 is 9.13 Å². The van der Waals surface area contributed by atoms with Crippen molar-refractivity contribution in [1.29, 1.82) is 5.26 Å². The Hall–Kier alpha value is -1.70. The van der Waals surface area contributed by atoms with Crippen LogP contribution >= 0.6 is 11.3 Å². The SMILES string of the molecule is N#Cc1cc(COCCc2cccs2)ccc1F. The molecule has 0 saturated carbocycles. The van der Waals surface area contributed by atoms with E-state index in [0.717, 1.165) is 12.0 Å². The molecule has 92 valence electrons. The predicted molar refractivity (Wildman–Crippen MR) is 68.8 cm³/mol. The van der Waals surface area contributed by atoms with E-state index in [1.165, 1.54) is 17.0 Å². The van der Waals surface area contributed by atoms with Crippen molar-refractivity contribution in [3.63, 3.8) is 0 Å². The van der Waals surface area contributed by atoms with Crippen molar-refractivity contribution in [2.24, 2.45) is 0 Å². The summed E-state index contributed by atoms with van der Waals surface area (Å²) >= 11 is 1.70. The van der Waals surface area contributed by atoms with Crippen LogP contribution in [0.1, 0.15) is 16.0 Å². The third-order valence-electron chi connectivity index (χ3n) is 2.49. The number of hydrogen-bond donors (Lipinski definition) is 0. The van der Waals surface area contributed by atoms with Crippen molar-refractivity contribution in [2.45, 2.75) is 13.0 Å². The topological polar surface area (TPSA) is 33.0 Å². The van der Waals surface area contributed by atoms with Crippen LogP contribution in [0.4, 0.5) is 4.39 Å². The fourth-order valence-electron chi connectivity index (χ4n) is 1.57. The van der Waals surface area contributed by atoms with E-state index in [9.17, 15) is 4.39 Å². The molecule has 0 bridgehead atoms. The Kier molecular flexibility index (Phi) is 4.46. The number of nitriles is 1. The first kappa shape index (κ1) is 12.7. The zero-order chi connectivity index (χ0) is 12.8. The Morgan fingerprint density at radius 1 is 1.33 bits per heavy atom. The zero-order valence-electron chi connectivity index (χ0n) is 9.73. The number of thiophene rings is 1. The zero-order valence-corrected chi connectivity index (χ0v) is 10.5. The summed E-state index contributed by atoms with van der Waals surface area (Å²) in [6.45, 7) is 1.03. The molecule has 0 spiro atoms. The Morgan fingerprint density at radius 2 is 2.22 bits per heavy atom. The van der Waals surface area contributed by atoms with Crippen LogP contribution in [-0.4, -0.2) is 6.61 Å². The Labute approximate surface area is 109 Å². The molecule has 2 aromatic rings. The molecule has 0 saturated heterocycles. The van der Waals surface area contributed by atoms with Gasteiger partial charge in [-0.25, -0.2) is 4.39 Å². The minimum Gasteiger partial charge on any atom is -0.376 e. The number of nitrogens with zero attached hydrogens (tertiary/aromatic N) is 1. The first-order valence-corrected chi connectivity index (χ1v) is 6.46. The second-order valence-corrected chi connectivity index (χ2v) is 4.84. The molecular formula is C14H12FNOS. The molecule has 0 amide bonds. The van der Waals surface area contributed by atoms with Gasteiger partial charge in [0.2, 0.25) is 0 Å². The molecule has 1 aromatic heterocycles. The second-order valence-electron chi connectivity index (χ2n) is 3.81. The maximum atomic E-state index is 13.1. The standard InChI is InChI=1S/C14H12FNOS/c15-14-4-3-11(8-12(14)9-16)10-17-6-5-13-2-1-7-18-13/h1-4,7-8H,5-6,10H2. The predicted octanol–water partition coefficient (Wildman–Crippen LogP) is 3.52. The molecule has 0 atom stereocenters. The van der Waals surface area contributed by atoms with Gasteiger partial charge in [0.25, 0.3) is 0 Å². The smallest absolute Gasteiger partial charge is 0.140 e. The molecule has 0 fully saturated rings. The Balaban J connectivity index is 1.82. The maximum absolute atomic E-state index is 13.1. The average molecular weight is 261 g/mol. The van der Waals surface area contributed by atoms with Crippen LogP contribution < -0.4 is 0 Å². The normalized spacial score (nSPS) is 10.2. The van der Waals surface area contributed by atoms with Gasteiger partial charge in [-0.1, -0.05) is 12.1 Å². The van der Waals surface area contributed by atoms with Crippen molar-refractivity contribution in [2.75, 3.05) is 6.61 Å². The van der Waals surface area contributed by atoms with Crippen LogP contribution in [-0.2, 0) is 17.8 Å². The summed E-state index contributed by atoms with van der Waals surface area (Å²) in [5.41, 5.74) is 0.883. The quantitative estimate of drug-likeness (QED) is 0.771. The van der Waals surface area contributed by atoms with Crippen molar-refractivity contribution in [3.05, 3.63) is 57.5 Å². The van der Waals surface area contributed by atoms with Crippen molar-refractivity contribution >= 4 is 11.3 Å². The van der Waals surface area contributed by atoms with Gasteiger partial charge in [-0.05, 0) is 29.1 Å². The lowest BCUT2D eigenvalue weighted by Gasteiger charge is -2.04. The Morgan fingerprint density at radius 3 is 2.94 bits per heavy atom. The molecule has 4 heteroatoms. The maximum Gasteiger partial charge on any atom is 0.140 e. The van der Waals surface area contributed by atoms with Gasteiger partial charge >= 0.3 is 0 Å². The molecule has 0 radical (unpaired) electrons. The van der Waals surface area contributed by atoms with Crippen LogP contribution in [0, 0.1) is 17.1 Å². The van der Waals surface area contributed by atoms with E-state index < -0.39 is 5.82 Å². The summed E-state index contributed by atoms with van der Waals surface area (Å²) in [5.74, 6) is -0.486. The van der Waals surface area contributed by atoms with Gasteiger partial charge in [-0.15, -0.1) is 11.3 Å². The molecule has 0 aliphatic carbocycles. The molecule has 0 aliphatic heterocycles. The summed E-state index contributed by atoms with van der Waals surface area (Å²) in [6.07, 6.45) is 0.879. The lowest BCUT2D eigenvalue weighted by molar-refractivity contribution is 0.124. The molecule has 18 heavy (non-hydrogen) atoms. The highest BCUT2D eigenvalue weighted by atomic mass is 32.1. The third-order valence-corrected chi connectivity index (χ3v) is 3.43. The summed E-state index contributed by atoms with van der Waals surface area (Å²) < 4.78 is 18.6. The van der Waals surface area contributed by atoms with E-state index in [-0.39, 0.29) is 5.56 Å². The van der Waals surface area contributed by atoms with E-state index in [1.54, 1.807) is 17.4 Å². The largest absolute Gasteiger partial charge is 0.376 e. The minimum atomic E-state index is -0.486. The molecular weight excluding hydrogens is 249 g/mol. The number of hydrogen-bond acceptors (Lipinski definition) is 3. The fourth-order valence-corrected chi connectivity index (χ4v) is 2.26. The number of rotatable bonds is 5. The van der Waals surface area contributed by atoms with Crippen LogP contribution in [0.5, 0.6) is 0 Å². The van der Waals surface area contributed by atoms with Gasteiger partial charge in [0.1, 0.15) is 11.9 Å². The monoisotopic (exact) mass is 261 g/mol. The highest BCUT2D eigenvalue weighted by molar-refractivity contribution is 7.09. The van der Waals surface area contributed by atoms with E-state index in [1.807, 2.05) is 17.5 Å². The fraction of sp³-hybridized carbons (Fsp3) is 0.214.